The summed E-state index contributed by atoms with van der Waals surface area (Å²) in [6.45, 7) is 2.94. The Kier molecular flexibility index (Phi) is 4.73. The molecule has 2 fully saturated rings. The molecule has 1 aliphatic heterocycles. The number of para-hydroxylation sites is 2. The van der Waals surface area contributed by atoms with Gasteiger partial charge < -0.3 is 9.80 Å². The minimum absolute atomic E-state index is 0.0149. The summed E-state index contributed by atoms with van der Waals surface area (Å²) in [6, 6.07) is 7.43. The molecule has 140 valence electrons. The van der Waals surface area contributed by atoms with E-state index in [1.165, 1.54) is 32.1 Å². The maximum Gasteiger partial charge on any atom is 0.437 e. The molecule has 1 saturated heterocycles. The van der Waals surface area contributed by atoms with Crippen LogP contribution in [0.3, 0.4) is 0 Å². The average molecular weight is 365 g/mol. The molecule has 0 spiro atoms. The van der Waals surface area contributed by atoms with E-state index >= 15 is 0 Å². The Morgan fingerprint density at radius 3 is 2.15 bits per heavy atom. The second-order valence-corrected chi connectivity index (χ2v) is 7.36. The molecule has 0 radical (unpaired) electrons. The molecule has 26 heavy (non-hydrogen) atoms. The molecule has 2 aliphatic rings. The van der Waals surface area contributed by atoms with Gasteiger partial charge in [-0.25, -0.2) is 9.97 Å². The summed E-state index contributed by atoms with van der Waals surface area (Å²) in [5, 5.41) is 0. The highest BCUT2D eigenvalue weighted by atomic mass is 19.4. The predicted octanol–water partition coefficient (Wildman–Crippen LogP) is 2.69. The van der Waals surface area contributed by atoms with Crippen LogP contribution in [0.15, 0.2) is 24.3 Å². The van der Waals surface area contributed by atoms with Crippen molar-refractivity contribution in [2.75, 3.05) is 31.1 Å². The number of quaternary nitrogens is 1. The van der Waals surface area contributed by atoms with Crippen LogP contribution in [0.5, 0.6) is 0 Å². The number of aromatic nitrogens is 2. The fourth-order valence-electron chi connectivity index (χ4n) is 4.33. The number of hydrogen-bond acceptors (Lipinski definition) is 3. The Morgan fingerprint density at radius 2 is 1.54 bits per heavy atom. The van der Waals surface area contributed by atoms with Gasteiger partial charge in [0.05, 0.1) is 43.3 Å². The molecule has 4 nitrogen and oxygen atoms in total. The summed E-state index contributed by atoms with van der Waals surface area (Å²) in [5.41, 5.74) is -0.0649. The second-order valence-electron chi connectivity index (χ2n) is 7.36. The maximum atomic E-state index is 13.6. The molecule has 0 unspecified atom stereocenters. The normalized spacial score (nSPS) is 20.7. The number of piperazine rings is 1. The monoisotopic (exact) mass is 365 g/mol. The summed E-state index contributed by atoms with van der Waals surface area (Å²) >= 11 is 0. The highest BCUT2D eigenvalue weighted by Gasteiger charge is 2.40. The molecule has 1 saturated carbocycles. The lowest BCUT2D eigenvalue weighted by molar-refractivity contribution is -0.927. The molecule has 2 heterocycles. The van der Waals surface area contributed by atoms with Crippen LogP contribution in [-0.2, 0) is 6.18 Å². The number of anilines is 1. The molecular formula is C19H24F3N4+. The van der Waals surface area contributed by atoms with Crippen LogP contribution >= 0.6 is 0 Å². The van der Waals surface area contributed by atoms with Crippen LogP contribution in [0.4, 0.5) is 19.0 Å². The summed E-state index contributed by atoms with van der Waals surface area (Å²) in [5.74, 6) is -0.0149. The zero-order chi connectivity index (χ0) is 18.1. The van der Waals surface area contributed by atoms with Gasteiger partial charge in [-0.05, 0) is 37.8 Å². The quantitative estimate of drug-likeness (QED) is 0.888. The number of benzene rings is 1. The molecule has 1 aromatic carbocycles. The summed E-state index contributed by atoms with van der Waals surface area (Å²) in [6.07, 6.45) is 1.88. The number of rotatable bonds is 2. The van der Waals surface area contributed by atoms with Gasteiger partial charge in [-0.1, -0.05) is 18.6 Å². The third kappa shape index (κ3) is 3.49. The van der Waals surface area contributed by atoms with Crippen molar-refractivity contribution < 1.29 is 18.1 Å². The van der Waals surface area contributed by atoms with Gasteiger partial charge >= 0.3 is 6.18 Å². The number of alkyl halides is 3. The van der Waals surface area contributed by atoms with Crippen molar-refractivity contribution in [3.05, 3.63) is 30.0 Å². The fraction of sp³-hybridized carbons (Fsp3) is 0.579. The Balaban J connectivity index is 1.58. The van der Waals surface area contributed by atoms with E-state index in [4.69, 9.17) is 0 Å². The van der Waals surface area contributed by atoms with Gasteiger partial charge in [0.15, 0.2) is 11.5 Å². The van der Waals surface area contributed by atoms with E-state index < -0.39 is 11.9 Å². The van der Waals surface area contributed by atoms with E-state index in [2.05, 4.69) is 9.97 Å². The van der Waals surface area contributed by atoms with Crippen LogP contribution in [0.2, 0.25) is 0 Å². The largest absolute Gasteiger partial charge is 0.437 e. The molecule has 0 bridgehead atoms. The number of halogens is 3. The van der Waals surface area contributed by atoms with Gasteiger partial charge in [0.2, 0.25) is 0 Å². The molecular weight excluding hydrogens is 341 g/mol. The minimum atomic E-state index is -4.50. The van der Waals surface area contributed by atoms with Crippen LogP contribution in [-0.4, -0.2) is 42.2 Å². The standard InChI is InChI=1S/C19H23F3N4/c20-19(21,22)17-18(24-16-9-5-4-8-15(16)23-17)26-12-10-25(11-13-26)14-6-2-1-3-7-14/h4-5,8-9,14H,1-3,6-7,10-13H2/p+1. The summed E-state index contributed by atoms with van der Waals surface area (Å²) < 4.78 is 40.7. The van der Waals surface area contributed by atoms with Crippen molar-refractivity contribution in [1.82, 2.24) is 9.97 Å². The molecule has 0 atom stereocenters. The molecule has 2 aromatic rings. The minimum Gasteiger partial charge on any atom is -0.344 e. The van der Waals surface area contributed by atoms with Crippen LogP contribution in [0, 0.1) is 0 Å². The number of fused-ring (bicyclic) bond motifs is 1. The highest BCUT2D eigenvalue weighted by molar-refractivity contribution is 5.76. The second kappa shape index (κ2) is 7.02. The lowest BCUT2D eigenvalue weighted by atomic mass is 9.94. The number of nitrogens with one attached hydrogen (secondary N) is 1. The van der Waals surface area contributed by atoms with E-state index in [0.717, 1.165) is 13.1 Å². The highest BCUT2D eigenvalue weighted by Crippen LogP contribution is 2.35. The van der Waals surface area contributed by atoms with Crippen molar-refractivity contribution in [2.24, 2.45) is 0 Å². The van der Waals surface area contributed by atoms with Crippen molar-refractivity contribution >= 4 is 16.9 Å². The molecule has 1 aliphatic carbocycles. The summed E-state index contributed by atoms with van der Waals surface area (Å²) in [7, 11) is 0. The van der Waals surface area contributed by atoms with E-state index in [9.17, 15) is 13.2 Å². The van der Waals surface area contributed by atoms with Crippen molar-refractivity contribution in [3.8, 4) is 0 Å². The van der Waals surface area contributed by atoms with Crippen LogP contribution < -0.4 is 9.80 Å². The predicted molar refractivity (Wildman–Crippen MR) is 94.3 cm³/mol. The average Bonchev–Trinajstić information content (AvgIpc) is 2.67. The Hall–Kier alpha value is -1.89. The third-order valence-corrected chi connectivity index (χ3v) is 5.71. The molecule has 1 aromatic heterocycles. The topological polar surface area (TPSA) is 33.5 Å². The van der Waals surface area contributed by atoms with Crippen LogP contribution in [0.25, 0.3) is 11.0 Å². The lowest BCUT2D eigenvalue weighted by Gasteiger charge is -2.38. The van der Waals surface area contributed by atoms with E-state index in [-0.39, 0.29) is 11.3 Å². The molecule has 1 N–H and O–H groups in total. The van der Waals surface area contributed by atoms with E-state index in [1.807, 2.05) is 0 Å². The van der Waals surface area contributed by atoms with Gasteiger partial charge in [0.1, 0.15) is 0 Å². The Labute approximate surface area is 151 Å². The lowest BCUT2D eigenvalue weighted by Crippen LogP contribution is -3.18. The van der Waals surface area contributed by atoms with Gasteiger partial charge in [0, 0.05) is 0 Å². The number of nitrogens with zero attached hydrogens (tertiary/aromatic N) is 3. The first kappa shape index (κ1) is 17.5. The SMILES string of the molecule is FC(F)(F)c1nc2ccccc2nc1N1CC[NH+](C2CCCCC2)CC1. The third-order valence-electron chi connectivity index (χ3n) is 5.71. The molecule has 7 heteroatoms. The zero-order valence-electron chi connectivity index (χ0n) is 14.7. The first-order valence-corrected chi connectivity index (χ1v) is 9.46. The number of hydrogen-bond donors (Lipinski definition) is 1. The summed E-state index contributed by atoms with van der Waals surface area (Å²) in [4.78, 5) is 11.5. The van der Waals surface area contributed by atoms with E-state index in [1.54, 1.807) is 34.1 Å². The van der Waals surface area contributed by atoms with Crippen LogP contribution in [0.1, 0.15) is 37.8 Å². The van der Waals surface area contributed by atoms with Gasteiger partial charge in [-0.3, -0.25) is 0 Å². The van der Waals surface area contributed by atoms with Crippen molar-refractivity contribution in [2.45, 2.75) is 44.3 Å². The van der Waals surface area contributed by atoms with Crippen molar-refractivity contribution in [1.29, 1.82) is 0 Å². The van der Waals surface area contributed by atoms with E-state index in [0.29, 0.717) is 24.6 Å². The smallest absolute Gasteiger partial charge is 0.344 e. The first-order valence-electron chi connectivity index (χ1n) is 9.46. The Morgan fingerprint density at radius 1 is 0.923 bits per heavy atom. The molecule has 4 rings (SSSR count). The maximum absolute atomic E-state index is 13.6. The fourth-order valence-corrected chi connectivity index (χ4v) is 4.33. The molecule has 0 amide bonds. The zero-order valence-corrected chi connectivity index (χ0v) is 14.7. The Bertz CT molecular complexity index is 763. The first-order chi connectivity index (χ1) is 12.5. The van der Waals surface area contributed by atoms with Gasteiger partial charge in [-0.2, -0.15) is 13.2 Å². The van der Waals surface area contributed by atoms with Gasteiger partial charge in [0.25, 0.3) is 0 Å². The van der Waals surface area contributed by atoms with Gasteiger partial charge in [-0.15, -0.1) is 0 Å². The van der Waals surface area contributed by atoms with Crippen molar-refractivity contribution in [3.63, 3.8) is 0 Å².